The molecule has 0 aromatic heterocycles. The number of hydrogen-bond donors (Lipinski definition) is 1. The van der Waals surface area contributed by atoms with E-state index in [1.54, 1.807) is 31.2 Å². The lowest BCUT2D eigenvalue weighted by Gasteiger charge is -2.32. The summed E-state index contributed by atoms with van der Waals surface area (Å²) >= 11 is 0. The number of piperidine rings is 1. The first-order valence-electron chi connectivity index (χ1n) is 8.76. The molecular formula is C19H28N2O3. The number of hydrogen-bond acceptors (Lipinski definition) is 4. The van der Waals surface area contributed by atoms with E-state index in [9.17, 15) is 9.59 Å². The van der Waals surface area contributed by atoms with Crippen LogP contribution in [0.3, 0.4) is 0 Å². The Morgan fingerprint density at radius 3 is 2.46 bits per heavy atom. The first-order chi connectivity index (χ1) is 11.6. The minimum atomic E-state index is 0.0469. The fraction of sp³-hybridized carbons (Fsp3) is 0.579. The molecule has 1 saturated heterocycles. The van der Waals surface area contributed by atoms with Crippen LogP contribution in [0.15, 0.2) is 24.3 Å². The van der Waals surface area contributed by atoms with Crippen molar-refractivity contribution in [2.75, 3.05) is 33.3 Å². The topological polar surface area (TPSA) is 58.6 Å². The molecule has 0 aliphatic carbocycles. The van der Waals surface area contributed by atoms with E-state index in [4.69, 9.17) is 4.74 Å². The lowest BCUT2D eigenvalue weighted by molar-refractivity contribution is -0.132. The van der Waals surface area contributed by atoms with E-state index >= 15 is 0 Å². The molecule has 2 rings (SSSR count). The van der Waals surface area contributed by atoms with Gasteiger partial charge in [-0.3, -0.25) is 9.59 Å². The number of Topliss-reactive ketones (excluding diaryl/α,β-unsaturated/α-hetero) is 1. The molecule has 1 aliphatic rings. The smallest absolute Gasteiger partial charge is 0.222 e. The Balaban J connectivity index is 1.63. The molecule has 1 fully saturated rings. The van der Waals surface area contributed by atoms with Crippen LogP contribution in [0.4, 0.5) is 0 Å². The van der Waals surface area contributed by atoms with Crippen molar-refractivity contribution in [2.45, 2.75) is 32.6 Å². The van der Waals surface area contributed by atoms with Gasteiger partial charge in [-0.25, -0.2) is 0 Å². The van der Waals surface area contributed by atoms with Gasteiger partial charge in [0.1, 0.15) is 5.75 Å². The predicted octanol–water partition coefficient (Wildman–Crippen LogP) is 2.51. The summed E-state index contributed by atoms with van der Waals surface area (Å²) < 4.78 is 5.64. The SMILES string of the molecule is CNCC1CCN(C(=O)CCCOc2ccc(C(C)=O)cc2)CC1. The molecule has 0 radical (unpaired) electrons. The predicted molar refractivity (Wildman–Crippen MR) is 94.4 cm³/mol. The lowest BCUT2D eigenvalue weighted by atomic mass is 9.96. The molecule has 5 heteroatoms. The van der Waals surface area contributed by atoms with Crippen LogP contribution in [0, 0.1) is 5.92 Å². The Morgan fingerprint density at radius 1 is 1.21 bits per heavy atom. The molecule has 0 saturated carbocycles. The van der Waals surface area contributed by atoms with Gasteiger partial charge in [0.05, 0.1) is 6.61 Å². The minimum Gasteiger partial charge on any atom is -0.494 e. The number of ether oxygens (including phenoxy) is 1. The summed E-state index contributed by atoms with van der Waals surface area (Å²) in [5.74, 6) is 1.71. The zero-order chi connectivity index (χ0) is 17.4. The average Bonchev–Trinajstić information content (AvgIpc) is 2.60. The molecular weight excluding hydrogens is 304 g/mol. The second-order valence-corrected chi connectivity index (χ2v) is 6.41. The summed E-state index contributed by atoms with van der Waals surface area (Å²) in [5.41, 5.74) is 0.680. The van der Waals surface area contributed by atoms with Crippen LogP contribution in [0.25, 0.3) is 0 Å². The van der Waals surface area contributed by atoms with Gasteiger partial charge in [0.25, 0.3) is 0 Å². The Labute approximate surface area is 144 Å². The zero-order valence-electron chi connectivity index (χ0n) is 14.7. The third kappa shape index (κ3) is 5.64. The maximum atomic E-state index is 12.2. The van der Waals surface area contributed by atoms with Crippen molar-refractivity contribution < 1.29 is 14.3 Å². The quantitative estimate of drug-likeness (QED) is 0.587. The van der Waals surface area contributed by atoms with Gasteiger partial charge in [-0.05, 0) is 70.0 Å². The average molecular weight is 332 g/mol. The molecule has 0 atom stereocenters. The van der Waals surface area contributed by atoms with Crippen LogP contribution in [0.2, 0.25) is 0 Å². The molecule has 0 unspecified atom stereocenters. The summed E-state index contributed by atoms with van der Waals surface area (Å²) in [6.07, 6.45) is 3.42. The highest BCUT2D eigenvalue weighted by Crippen LogP contribution is 2.17. The molecule has 1 aromatic carbocycles. The molecule has 1 N–H and O–H groups in total. The highest BCUT2D eigenvalue weighted by atomic mass is 16.5. The number of carbonyl (C=O) groups excluding carboxylic acids is 2. The molecule has 1 aliphatic heterocycles. The van der Waals surface area contributed by atoms with Crippen molar-refractivity contribution in [3.63, 3.8) is 0 Å². The fourth-order valence-corrected chi connectivity index (χ4v) is 3.03. The first-order valence-corrected chi connectivity index (χ1v) is 8.76. The Hall–Kier alpha value is -1.88. The van der Waals surface area contributed by atoms with Gasteiger partial charge in [0, 0.05) is 25.1 Å². The van der Waals surface area contributed by atoms with Gasteiger partial charge in [-0.1, -0.05) is 0 Å². The number of nitrogens with zero attached hydrogens (tertiary/aromatic N) is 1. The van der Waals surface area contributed by atoms with Gasteiger partial charge in [-0.2, -0.15) is 0 Å². The van der Waals surface area contributed by atoms with Gasteiger partial charge >= 0.3 is 0 Å². The standard InChI is InChI=1S/C19H28N2O3/c1-15(22)17-5-7-18(8-6-17)24-13-3-4-19(23)21-11-9-16(10-12-21)14-20-2/h5-8,16,20H,3-4,9-14H2,1-2H3. The van der Waals surface area contributed by atoms with Crippen LogP contribution in [-0.4, -0.2) is 49.9 Å². The van der Waals surface area contributed by atoms with Crippen molar-refractivity contribution >= 4 is 11.7 Å². The Bertz CT molecular complexity index is 534. The Morgan fingerprint density at radius 2 is 1.88 bits per heavy atom. The summed E-state index contributed by atoms with van der Waals surface area (Å²) in [6.45, 7) is 4.85. The van der Waals surface area contributed by atoms with Gasteiger partial charge < -0.3 is 15.0 Å². The third-order valence-electron chi connectivity index (χ3n) is 4.52. The molecule has 5 nitrogen and oxygen atoms in total. The van der Waals surface area contributed by atoms with E-state index in [0.29, 0.717) is 30.9 Å². The van der Waals surface area contributed by atoms with E-state index in [-0.39, 0.29) is 11.7 Å². The van der Waals surface area contributed by atoms with Gasteiger partial charge in [0.2, 0.25) is 5.91 Å². The van der Waals surface area contributed by atoms with Crippen molar-refractivity contribution in [3.8, 4) is 5.75 Å². The fourth-order valence-electron chi connectivity index (χ4n) is 3.03. The number of rotatable bonds is 8. The largest absolute Gasteiger partial charge is 0.494 e. The summed E-state index contributed by atoms with van der Waals surface area (Å²) in [7, 11) is 1.98. The molecule has 1 heterocycles. The second-order valence-electron chi connectivity index (χ2n) is 6.41. The highest BCUT2D eigenvalue weighted by molar-refractivity contribution is 5.94. The van der Waals surface area contributed by atoms with Crippen molar-refractivity contribution in [1.29, 1.82) is 0 Å². The number of carbonyl (C=O) groups is 2. The van der Waals surface area contributed by atoms with Gasteiger partial charge in [-0.15, -0.1) is 0 Å². The minimum absolute atomic E-state index is 0.0469. The van der Waals surface area contributed by atoms with Crippen LogP contribution in [0.5, 0.6) is 5.75 Å². The van der Waals surface area contributed by atoms with Crippen LogP contribution < -0.4 is 10.1 Å². The van der Waals surface area contributed by atoms with E-state index in [1.807, 2.05) is 11.9 Å². The maximum absolute atomic E-state index is 12.2. The van der Waals surface area contributed by atoms with E-state index in [2.05, 4.69) is 5.32 Å². The molecule has 24 heavy (non-hydrogen) atoms. The number of amides is 1. The maximum Gasteiger partial charge on any atom is 0.222 e. The summed E-state index contributed by atoms with van der Waals surface area (Å²) in [5, 5.41) is 3.21. The molecule has 132 valence electrons. The second kappa shape index (κ2) is 9.42. The third-order valence-corrected chi connectivity index (χ3v) is 4.52. The number of nitrogens with one attached hydrogen (secondary N) is 1. The molecule has 1 amide bonds. The van der Waals surface area contributed by atoms with Crippen molar-refractivity contribution in [2.24, 2.45) is 5.92 Å². The van der Waals surface area contributed by atoms with Crippen molar-refractivity contribution in [3.05, 3.63) is 29.8 Å². The van der Waals surface area contributed by atoms with Crippen LogP contribution in [-0.2, 0) is 4.79 Å². The normalized spacial score (nSPS) is 15.3. The Kier molecular flexibility index (Phi) is 7.25. The monoisotopic (exact) mass is 332 g/mol. The number of likely N-dealkylation sites (tertiary alicyclic amines) is 1. The molecule has 0 spiro atoms. The molecule has 1 aromatic rings. The number of ketones is 1. The van der Waals surface area contributed by atoms with Gasteiger partial charge in [0.15, 0.2) is 5.78 Å². The lowest BCUT2D eigenvalue weighted by Crippen LogP contribution is -2.40. The van der Waals surface area contributed by atoms with E-state index in [1.165, 1.54) is 0 Å². The highest BCUT2D eigenvalue weighted by Gasteiger charge is 2.21. The zero-order valence-corrected chi connectivity index (χ0v) is 14.7. The van der Waals surface area contributed by atoms with Crippen molar-refractivity contribution in [1.82, 2.24) is 10.2 Å². The summed E-state index contributed by atoms with van der Waals surface area (Å²) in [4.78, 5) is 25.4. The van der Waals surface area contributed by atoms with Crippen LogP contribution >= 0.6 is 0 Å². The van der Waals surface area contributed by atoms with Crippen LogP contribution in [0.1, 0.15) is 43.0 Å². The van der Waals surface area contributed by atoms with E-state index < -0.39 is 0 Å². The first kappa shape index (κ1) is 18.5. The van der Waals surface area contributed by atoms with E-state index in [0.717, 1.165) is 38.2 Å². The molecule has 0 bridgehead atoms. The number of benzene rings is 1. The summed E-state index contributed by atoms with van der Waals surface area (Å²) in [6, 6.07) is 7.12.